The second kappa shape index (κ2) is 5.96. The summed E-state index contributed by atoms with van der Waals surface area (Å²) in [6.45, 7) is 3.34. The first kappa shape index (κ1) is 16.3. The fraction of sp³-hybridized carbons (Fsp3) is 0.158. The smallest absolute Gasteiger partial charge is 0.234 e. The highest BCUT2D eigenvalue weighted by Gasteiger charge is 2.19. The minimum absolute atomic E-state index is 0.338. The van der Waals surface area contributed by atoms with Gasteiger partial charge in [-0.3, -0.25) is 4.40 Å². The van der Waals surface area contributed by atoms with Crippen molar-refractivity contribution >= 4 is 5.78 Å². The predicted molar refractivity (Wildman–Crippen MR) is 94.7 cm³/mol. The van der Waals surface area contributed by atoms with Crippen molar-refractivity contribution in [3.8, 4) is 22.8 Å². The maximum absolute atomic E-state index is 13.5. The normalized spacial score (nSPS) is 11.8. The Hall–Kier alpha value is -3.19. The quantitative estimate of drug-likeness (QED) is 0.614. The van der Waals surface area contributed by atoms with Crippen molar-refractivity contribution in [2.75, 3.05) is 0 Å². The molecule has 0 aliphatic heterocycles. The lowest BCUT2D eigenvalue weighted by molar-refractivity contribution is 0.0739. The molecule has 0 atom stereocenters. The number of halogens is 1. The lowest BCUT2D eigenvalue weighted by Gasteiger charge is -2.16. The van der Waals surface area contributed by atoms with Crippen LogP contribution in [0.25, 0.3) is 28.6 Å². The van der Waals surface area contributed by atoms with E-state index < -0.39 is 5.60 Å². The first-order valence-electron chi connectivity index (χ1n) is 8.08. The van der Waals surface area contributed by atoms with E-state index in [2.05, 4.69) is 19.9 Å². The van der Waals surface area contributed by atoms with Gasteiger partial charge in [-0.2, -0.15) is 0 Å². The van der Waals surface area contributed by atoms with Gasteiger partial charge in [-0.15, -0.1) is 0 Å². The van der Waals surface area contributed by atoms with E-state index in [0.717, 1.165) is 5.69 Å². The molecule has 4 rings (SSSR count). The molecule has 1 aromatic carbocycles. The van der Waals surface area contributed by atoms with E-state index in [1.54, 1.807) is 61.1 Å². The third kappa shape index (κ3) is 2.93. The number of fused-ring (bicyclic) bond motifs is 1. The summed E-state index contributed by atoms with van der Waals surface area (Å²) in [5.41, 5.74) is 1.46. The minimum Gasteiger partial charge on any atom is -0.384 e. The summed E-state index contributed by atoms with van der Waals surface area (Å²) in [6.07, 6.45) is 5.08. The first-order valence-corrected chi connectivity index (χ1v) is 8.08. The Morgan fingerprint density at radius 1 is 1.08 bits per heavy atom. The fourth-order valence-electron chi connectivity index (χ4n) is 2.67. The van der Waals surface area contributed by atoms with Crippen LogP contribution in [0.5, 0.6) is 0 Å². The molecule has 0 amide bonds. The summed E-state index contributed by atoms with van der Waals surface area (Å²) < 4.78 is 15.3. The van der Waals surface area contributed by atoms with E-state index in [1.807, 2.05) is 0 Å². The molecule has 0 bridgehead atoms. The molecule has 1 N–H and O–H groups in total. The Morgan fingerprint density at radius 2 is 1.92 bits per heavy atom. The second-order valence-electron chi connectivity index (χ2n) is 6.46. The van der Waals surface area contributed by atoms with Gasteiger partial charge in [0, 0.05) is 18.0 Å². The van der Waals surface area contributed by atoms with E-state index >= 15 is 0 Å². The second-order valence-corrected chi connectivity index (χ2v) is 6.46. The molecule has 0 fully saturated rings. The highest BCUT2D eigenvalue weighted by atomic mass is 19.1. The van der Waals surface area contributed by atoms with Gasteiger partial charge in [-0.05, 0) is 38.1 Å². The molecule has 3 heterocycles. The lowest BCUT2D eigenvalue weighted by Crippen LogP contribution is -2.18. The summed E-state index contributed by atoms with van der Waals surface area (Å²) in [5.74, 6) is 0.554. The van der Waals surface area contributed by atoms with Gasteiger partial charge in [-0.25, -0.2) is 24.3 Å². The molecular formula is C19H16FN5O. The number of hydrogen-bond donors (Lipinski definition) is 1. The van der Waals surface area contributed by atoms with Gasteiger partial charge in [0.1, 0.15) is 11.4 Å². The summed E-state index contributed by atoms with van der Waals surface area (Å²) in [5, 5.41) is 10.1. The van der Waals surface area contributed by atoms with E-state index in [0.29, 0.717) is 28.6 Å². The zero-order valence-corrected chi connectivity index (χ0v) is 14.3. The van der Waals surface area contributed by atoms with Crippen LogP contribution in [0.3, 0.4) is 0 Å². The number of nitrogens with zero attached hydrogens (tertiary/aromatic N) is 5. The molecule has 0 unspecified atom stereocenters. The molecule has 0 aliphatic carbocycles. The SMILES string of the molecule is CC(C)(O)c1ccn2c(-c3ccnc(-c4cccc(F)c4)n3)cnc2n1. The van der Waals surface area contributed by atoms with Gasteiger partial charge >= 0.3 is 0 Å². The molecule has 26 heavy (non-hydrogen) atoms. The highest BCUT2D eigenvalue weighted by Crippen LogP contribution is 2.23. The predicted octanol–water partition coefficient (Wildman–Crippen LogP) is 3.22. The van der Waals surface area contributed by atoms with Crippen LogP contribution in [0, 0.1) is 5.82 Å². The van der Waals surface area contributed by atoms with Gasteiger partial charge < -0.3 is 5.11 Å². The molecule has 0 radical (unpaired) electrons. The number of hydrogen-bond acceptors (Lipinski definition) is 5. The van der Waals surface area contributed by atoms with Gasteiger partial charge in [0.2, 0.25) is 5.78 Å². The van der Waals surface area contributed by atoms with Crippen LogP contribution < -0.4 is 0 Å². The van der Waals surface area contributed by atoms with Crippen molar-refractivity contribution in [2.45, 2.75) is 19.4 Å². The monoisotopic (exact) mass is 349 g/mol. The van der Waals surface area contributed by atoms with Crippen LogP contribution >= 0.6 is 0 Å². The first-order chi connectivity index (χ1) is 12.4. The van der Waals surface area contributed by atoms with Crippen LogP contribution in [0.15, 0.2) is 55.0 Å². The van der Waals surface area contributed by atoms with Crippen molar-refractivity contribution < 1.29 is 9.50 Å². The Balaban J connectivity index is 1.80. The van der Waals surface area contributed by atoms with Gasteiger partial charge in [0.05, 0.1) is 23.3 Å². The lowest BCUT2D eigenvalue weighted by atomic mass is 10.1. The zero-order chi connectivity index (χ0) is 18.3. The fourth-order valence-corrected chi connectivity index (χ4v) is 2.67. The Kier molecular flexibility index (Phi) is 3.73. The average molecular weight is 349 g/mol. The number of imidazole rings is 1. The van der Waals surface area contributed by atoms with Gasteiger partial charge in [-0.1, -0.05) is 12.1 Å². The zero-order valence-electron chi connectivity index (χ0n) is 14.3. The summed E-state index contributed by atoms with van der Waals surface area (Å²) in [6, 6.07) is 9.66. The molecule has 130 valence electrons. The van der Waals surface area contributed by atoms with Crippen molar-refractivity contribution in [2.24, 2.45) is 0 Å². The van der Waals surface area contributed by atoms with Crippen molar-refractivity contribution in [3.05, 3.63) is 66.5 Å². The van der Waals surface area contributed by atoms with Gasteiger partial charge in [0.15, 0.2) is 5.82 Å². The van der Waals surface area contributed by atoms with Crippen LogP contribution in [0.2, 0.25) is 0 Å². The summed E-state index contributed by atoms with van der Waals surface area (Å²) in [7, 11) is 0. The van der Waals surface area contributed by atoms with E-state index in [1.165, 1.54) is 12.1 Å². The van der Waals surface area contributed by atoms with E-state index in [-0.39, 0.29) is 5.82 Å². The highest BCUT2D eigenvalue weighted by molar-refractivity contribution is 5.62. The maximum atomic E-state index is 13.5. The van der Waals surface area contributed by atoms with Crippen molar-refractivity contribution in [1.29, 1.82) is 0 Å². The number of benzene rings is 1. The standard InChI is InChI=1S/C19H16FN5O/c1-19(2,26)16-7-9-25-15(11-22-18(25)24-16)14-6-8-21-17(23-14)12-4-3-5-13(20)10-12/h3-11,26H,1-2H3. The Bertz CT molecular complexity index is 1100. The molecule has 0 saturated heterocycles. The molecule has 6 nitrogen and oxygen atoms in total. The van der Waals surface area contributed by atoms with E-state index in [9.17, 15) is 9.50 Å². The van der Waals surface area contributed by atoms with Crippen LogP contribution in [0.1, 0.15) is 19.5 Å². The number of rotatable bonds is 3. The van der Waals surface area contributed by atoms with Gasteiger partial charge in [0.25, 0.3) is 0 Å². The molecule has 4 aromatic rings. The molecule has 7 heteroatoms. The van der Waals surface area contributed by atoms with Crippen molar-refractivity contribution in [1.82, 2.24) is 24.3 Å². The molecular weight excluding hydrogens is 333 g/mol. The topological polar surface area (TPSA) is 76.2 Å². The average Bonchev–Trinajstić information content (AvgIpc) is 3.04. The summed E-state index contributed by atoms with van der Waals surface area (Å²) in [4.78, 5) is 17.5. The van der Waals surface area contributed by atoms with E-state index in [4.69, 9.17) is 0 Å². The Labute approximate surface area is 149 Å². The van der Waals surface area contributed by atoms with Crippen LogP contribution in [-0.4, -0.2) is 29.4 Å². The molecule has 0 spiro atoms. The molecule has 0 saturated carbocycles. The molecule has 0 aliphatic rings. The van der Waals surface area contributed by atoms with Crippen molar-refractivity contribution in [3.63, 3.8) is 0 Å². The third-order valence-corrected chi connectivity index (χ3v) is 4.01. The molecule has 3 aromatic heterocycles. The third-order valence-electron chi connectivity index (χ3n) is 4.01. The number of aromatic nitrogens is 5. The largest absolute Gasteiger partial charge is 0.384 e. The van der Waals surface area contributed by atoms with Crippen LogP contribution in [-0.2, 0) is 5.60 Å². The minimum atomic E-state index is -1.05. The Morgan fingerprint density at radius 3 is 2.69 bits per heavy atom. The maximum Gasteiger partial charge on any atom is 0.234 e. The summed E-state index contributed by atoms with van der Waals surface area (Å²) >= 11 is 0. The van der Waals surface area contributed by atoms with Crippen LogP contribution in [0.4, 0.5) is 4.39 Å². The number of aliphatic hydroxyl groups is 1.